The lowest BCUT2D eigenvalue weighted by molar-refractivity contribution is -0.146. The van der Waals surface area contributed by atoms with Gasteiger partial charge >= 0.3 is 5.97 Å². The molecule has 136 valence electrons. The molecule has 0 fully saturated rings. The molecule has 0 unspecified atom stereocenters. The summed E-state index contributed by atoms with van der Waals surface area (Å²) < 4.78 is 15.4. The van der Waals surface area contributed by atoms with E-state index in [1.165, 1.54) is 29.4 Å². The molecular weight excluding hydrogens is 356 g/mol. The highest BCUT2D eigenvalue weighted by atomic mass is 32.1. The Labute approximate surface area is 154 Å². The van der Waals surface area contributed by atoms with Crippen molar-refractivity contribution in [2.45, 2.75) is 20.5 Å². The number of nitrogens with zero attached hydrogens (tertiary/aromatic N) is 2. The van der Waals surface area contributed by atoms with Gasteiger partial charge in [-0.3, -0.25) is 9.69 Å². The first-order valence-electron chi connectivity index (χ1n) is 7.98. The molecule has 0 aliphatic carbocycles. The lowest BCUT2D eigenvalue weighted by Gasteiger charge is -2.18. The summed E-state index contributed by atoms with van der Waals surface area (Å²) in [6.45, 7) is 4.14. The molecule has 3 rings (SSSR count). The highest BCUT2D eigenvalue weighted by molar-refractivity contribution is 7.14. The SMILES string of the molecule is CC(=O)N(c1cccc(C)c1)c1nc(COC(=O)C2=COCCO2)cs1. The van der Waals surface area contributed by atoms with E-state index >= 15 is 0 Å². The first kappa shape index (κ1) is 17.9. The number of aromatic nitrogens is 1. The molecule has 1 aliphatic rings. The molecule has 2 heterocycles. The van der Waals surface area contributed by atoms with Crippen LogP contribution in [0.4, 0.5) is 10.8 Å². The first-order valence-corrected chi connectivity index (χ1v) is 8.86. The number of hydrogen-bond acceptors (Lipinski definition) is 7. The average Bonchev–Trinajstić information content (AvgIpc) is 3.09. The Balaban J connectivity index is 1.70. The van der Waals surface area contributed by atoms with Crippen LogP contribution in [-0.4, -0.2) is 30.1 Å². The monoisotopic (exact) mass is 374 g/mol. The molecule has 0 saturated heterocycles. The zero-order valence-corrected chi connectivity index (χ0v) is 15.2. The molecule has 1 aromatic carbocycles. The number of benzene rings is 1. The van der Waals surface area contributed by atoms with Gasteiger partial charge in [-0.25, -0.2) is 9.78 Å². The third kappa shape index (κ3) is 4.20. The molecule has 2 aromatic rings. The molecule has 0 radical (unpaired) electrons. The van der Waals surface area contributed by atoms with Crippen LogP contribution in [0.2, 0.25) is 0 Å². The van der Waals surface area contributed by atoms with Crippen molar-refractivity contribution in [2.24, 2.45) is 0 Å². The summed E-state index contributed by atoms with van der Waals surface area (Å²) >= 11 is 1.31. The van der Waals surface area contributed by atoms with Crippen LogP contribution in [0.5, 0.6) is 0 Å². The molecule has 8 heteroatoms. The first-order chi connectivity index (χ1) is 12.5. The van der Waals surface area contributed by atoms with Crippen LogP contribution < -0.4 is 4.90 Å². The van der Waals surface area contributed by atoms with E-state index in [0.717, 1.165) is 11.3 Å². The highest BCUT2D eigenvalue weighted by Gasteiger charge is 2.20. The number of rotatable bonds is 5. The van der Waals surface area contributed by atoms with Crippen LogP contribution in [0.3, 0.4) is 0 Å². The number of anilines is 2. The Morgan fingerprint density at radius 2 is 2.19 bits per heavy atom. The minimum absolute atomic E-state index is 0.0183. The summed E-state index contributed by atoms with van der Waals surface area (Å²) in [6.07, 6.45) is 1.24. The second-order valence-corrected chi connectivity index (χ2v) is 6.43. The lowest BCUT2D eigenvalue weighted by Crippen LogP contribution is -2.22. The van der Waals surface area contributed by atoms with Crippen molar-refractivity contribution in [3.8, 4) is 0 Å². The van der Waals surface area contributed by atoms with Gasteiger partial charge in [-0.2, -0.15) is 0 Å². The third-order valence-electron chi connectivity index (χ3n) is 3.51. The zero-order chi connectivity index (χ0) is 18.5. The molecule has 0 bridgehead atoms. The summed E-state index contributed by atoms with van der Waals surface area (Å²) in [5.41, 5.74) is 2.34. The van der Waals surface area contributed by atoms with Crippen molar-refractivity contribution in [2.75, 3.05) is 18.1 Å². The van der Waals surface area contributed by atoms with Crippen LogP contribution in [0.15, 0.2) is 41.7 Å². The van der Waals surface area contributed by atoms with E-state index in [4.69, 9.17) is 14.2 Å². The molecule has 0 spiro atoms. The summed E-state index contributed by atoms with van der Waals surface area (Å²) in [5, 5.41) is 2.27. The fourth-order valence-corrected chi connectivity index (χ4v) is 3.22. The summed E-state index contributed by atoms with van der Waals surface area (Å²) in [6, 6.07) is 7.61. The van der Waals surface area contributed by atoms with E-state index in [2.05, 4.69) is 4.98 Å². The second kappa shape index (κ2) is 8.01. The smallest absolute Gasteiger partial charge is 0.377 e. The van der Waals surface area contributed by atoms with Crippen LogP contribution in [0.25, 0.3) is 0 Å². The minimum Gasteiger partial charge on any atom is -0.493 e. The molecule has 7 nitrogen and oxygen atoms in total. The van der Waals surface area contributed by atoms with E-state index < -0.39 is 5.97 Å². The molecular formula is C18H18N2O5S. The Morgan fingerprint density at radius 1 is 1.35 bits per heavy atom. The number of esters is 1. The van der Waals surface area contributed by atoms with Crippen molar-refractivity contribution in [3.05, 3.63) is 52.9 Å². The van der Waals surface area contributed by atoms with Gasteiger partial charge in [0.2, 0.25) is 11.7 Å². The zero-order valence-electron chi connectivity index (χ0n) is 14.4. The van der Waals surface area contributed by atoms with Gasteiger partial charge in [-0.15, -0.1) is 11.3 Å². The van der Waals surface area contributed by atoms with E-state index in [9.17, 15) is 9.59 Å². The molecule has 0 atom stereocenters. The molecule has 1 aliphatic heterocycles. The topological polar surface area (TPSA) is 78.0 Å². The fourth-order valence-electron chi connectivity index (χ4n) is 2.35. The molecule has 0 saturated carbocycles. The summed E-state index contributed by atoms with van der Waals surface area (Å²) in [4.78, 5) is 29.9. The fraction of sp³-hybridized carbons (Fsp3) is 0.278. The maximum absolute atomic E-state index is 12.1. The number of hydrogen-bond donors (Lipinski definition) is 0. The van der Waals surface area contributed by atoms with Crippen molar-refractivity contribution in [1.82, 2.24) is 4.98 Å². The predicted molar refractivity (Wildman–Crippen MR) is 95.9 cm³/mol. The minimum atomic E-state index is -0.610. The lowest BCUT2D eigenvalue weighted by atomic mass is 10.2. The maximum atomic E-state index is 12.1. The van der Waals surface area contributed by atoms with Crippen LogP contribution in [0.1, 0.15) is 18.2 Å². The van der Waals surface area contributed by atoms with Gasteiger partial charge < -0.3 is 14.2 Å². The number of aryl methyl sites for hydroxylation is 1. The number of ether oxygens (including phenoxy) is 3. The van der Waals surface area contributed by atoms with Gasteiger partial charge in [-0.1, -0.05) is 12.1 Å². The Kier molecular flexibility index (Phi) is 5.52. The quantitative estimate of drug-likeness (QED) is 0.749. The number of amides is 1. The third-order valence-corrected chi connectivity index (χ3v) is 4.38. The molecule has 1 amide bonds. The molecule has 1 aromatic heterocycles. The van der Waals surface area contributed by atoms with Crippen molar-refractivity contribution < 1.29 is 23.8 Å². The second-order valence-electron chi connectivity index (χ2n) is 5.59. The Morgan fingerprint density at radius 3 is 2.88 bits per heavy atom. The van der Waals surface area contributed by atoms with Gasteiger partial charge in [0.1, 0.15) is 26.1 Å². The van der Waals surface area contributed by atoms with Gasteiger partial charge in [0.05, 0.1) is 11.4 Å². The summed E-state index contributed by atoms with van der Waals surface area (Å²) in [7, 11) is 0. The van der Waals surface area contributed by atoms with E-state index in [1.54, 1.807) is 5.38 Å². The van der Waals surface area contributed by atoms with E-state index in [0.29, 0.717) is 24.0 Å². The maximum Gasteiger partial charge on any atom is 0.377 e. The van der Waals surface area contributed by atoms with Gasteiger partial charge in [0.25, 0.3) is 0 Å². The molecule has 26 heavy (non-hydrogen) atoms. The van der Waals surface area contributed by atoms with Crippen LogP contribution >= 0.6 is 11.3 Å². The predicted octanol–water partition coefficient (Wildman–Crippen LogP) is 3.07. The van der Waals surface area contributed by atoms with Crippen molar-refractivity contribution in [1.29, 1.82) is 0 Å². The van der Waals surface area contributed by atoms with E-state index in [-0.39, 0.29) is 18.3 Å². The number of thiazole rings is 1. The van der Waals surface area contributed by atoms with Gasteiger partial charge in [0, 0.05) is 12.3 Å². The van der Waals surface area contributed by atoms with Crippen LogP contribution in [0, 0.1) is 6.92 Å². The largest absolute Gasteiger partial charge is 0.493 e. The number of carbonyl (C=O) groups excluding carboxylic acids is 2. The molecule has 0 N–H and O–H groups in total. The highest BCUT2D eigenvalue weighted by Crippen LogP contribution is 2.29. The Bertz CT molecular complexity index is 846. The van der Waals surface area contributed by atoms with E-state index in [1.807, 2.05) is 31.2 Å². The average molecular weight is 374 g/mol. The van der Waals surface area contributed by atoms with Crippen molar-refractivity contribution >= 4 is 34.0 Å². The number of carbonyl (C=O) groups is 2. The van der Waals surface area contributed by atoms with Crippen molar-refractivity contribution in [3.63, 3.8) is 0 Å². The standard InChI is InChI=1S/C18H18N2O5S/c1-12-4-3-5-15(8-12)20(13(2)21)18-19-14(11-26-18)9-25-17(22)16-10-23-6-7-24-16/h3-5,8,10-11H,6-7,9H2,1-2H3. The normalized spacial score (nSPS) is 13.2. The summed E-state index contributed by atoms with van der Waals surface area (Å²) in [5.74, 6) is -0.718. The Hall–Kier alpha value is -2.87. The van der Waals surface area contributed by atoms with Gasteiger partial charge in [-0.05, 0) is 24.6 Å². The van der Waals surface area contributed by atoms with Crippen LogP contribution in [-0.2, 0) is 30.4 Å². The van der Waals surface area contributed by atoms with Gasteiger partial charge in [0.15, 0.2) is 5.13 Å².